The van der Waals surface area contributed by atoms with Crippen LogP contribution >= 0.6 is 11.3 Å². The van der Waals surface area contributed by atoms with Crippen molar-refractivity contribution >= 4 is 23.2 Å². The van der Waals surface area contributed by atoms with Crippen molar-refractivity contribution in [1.82, 2.24) is 25.1 Å². The van der Waals surface area contributed by atoms with Crippen molar-refractivity contribution < 1.29 is 14.7 Å². The summed E-state index contributed by atoms with van der Waals surface area (Å²) in [5.74, 6) is -0.568. The largest absolute Gasteiger partial charge is 0.476 e. The summed E-state index contributed by atoms with van der Waals surface area (Å²) in [5.41, 5.74) is 1.97. The average molecular weight is 385 g/mol. The molecule has 0 fully saturated rings. The van der Waals surface area contributed by atoms with Crippen LogP contribution in [0.2, 0.25) is 0 Å². The van der Waals surface area contributed by atoms with Crippen LogP contribution in [-0.2, 0) is 6.54 Å². The average Bonchev–Trinajstić information content (AvgIpc) is 3.26. The summed E-state index contributed by atoms with van der Waals surface area (Å²) in [6.45, 7) is 6.10. The Morgan fingerprint density at radius 1 is 1.26 bits per heavy atom. The molecule has 3 aromatic rings. The van der Waals surface area contributed by atoms with Gasteiger partial charge in [-0.15, -0.1) is 16.4 Å². The molecule has 0 radical (unpaired) electrons. The normalized spacial score (nSPS) is 11.0. The molecular formula is C18H19N5O3S. The van der Waals surface area contributed by atoms with E-state index in [1.54, 1.807) is 11.6 Å². The maximum absolute atomic E-state index is 12.4. The third-order valence-corrected chi connectivity index (χ3v) is 4.78. The quantitative estimate of drug-likeness (QED) is 0.675. The number of aromatic carboxylic acids is 1. The van der Waals surface area contributed by atoms with Crippen LogP contribution in [0.1, 0.15) is 57.3 Å². The molecule has 0 aliphatic rings. The fourth-order valence-electron chi connectivity index (χ4n) is 2.61. The number of nitrogens with one attached hydrogen (secondary N) is 1. The van der Waals surface area contributed by atoms with Crippen LogP contribution in [0.4, 0.5) is 0 Å². The van der Waals surface area contributed by atoms with Gasteiger partial charge >= 0.3 is 5.97 Å². The number of para-hydroxylation sites is 1. The van der Waals surface area contributed by atoms with Crippen molar-refractivity contribution in [2.75, 3.05) is 0 Å². The maximum atomic E-state index is 12.4. The molecule has 1 aromatic carbocycles. The summed E-state index contributed by atoms with van der Waals surface area (Å²) in [4.78, 5) is 31.4. The summed E-state index contributed by atoms with van der Waals surface area (Å²) in [6, 6.07) is 7.87. The van der Waals surface area contributed by atoms with Gasteiger partial charge in [-0.2, -0.15) is 0 Å². The molecule has 0 aliphatic carbocycles. The number of thiazole rings is 1. The van der Waals surface area contributed by atoms with E-state index in [-0.39, 0.29) is 18.1 Å². The van der Waals surface area contributed by atoms with Crippen molar-refractivity contribution in [1.29, 1.82) is 0 Å². The number of hydrogen-bond acceptors (Lipinski definition) is 6. The van der Waals surface area contributed by atoms with Gasteiger partial charge in [-0.05, 0) is 24.5 Å². The lowest BCUT2D eigenvalue weighted by molar-refractivity contribution is 0.0691. The van der Waals surface area contributed by atoms with E-state index in [1.165, 1.54) is 16.7 Å². The summed E-state index contributed by atoms with van der Waals surface area (Å²) in [5, 5.41) is 17.9. The smallest absolute Gasteiger partial charge is 0.355 e. The van der Waals surface area contributed by atoms with E-state index in [4.69, 9.17) is 5.11 Å². The van der Waals surface area contributed by atoms with Crippen molar-refractivity contribution in [3.63, 3.8) is 0 Å². The van der Waals surface area contributed by atoms with Crippen molar-refractivity contribution in [3.05, 3.63) is 57.6 Å². The Morgan fingerprint density at radius 3 is 2.67 bits per heavy atom. The Balaban J connectivity index is 1.77. The molecule has 0 saturated carbocycles. The van der Waals surface area contributed by atoms with Gasteiger partial charge in [0.1, 0.15) is 10.8 Å². The number of carbonyl (C=O) groups excluding carboxylic acids is 1. The third kappa shape index (κ3) is 4.03. The molecule has 0 spiro atoms. The van der Waals surface area contributed by atoms with Gasteiger partial charge in [0.05, 0.1) is 12.2 Å². The number of benzene rings is 1. The second kappa shape index (κ2) is 7.67. The Morgan fingerprint density at radius 2 is 2.00 bits per heavy atom. The summed E-state index contributed by atoms with van der Waals surface area (Å²) < 4.78 is 1.66. The Bertz CT molecular complexity index is 993. The molecule has 9 heteroatoms. The molecule has 0 atom stereocenters. The number of carbonyl (C=O) groups is 2. The first kappa shape index (κ1) is 18.7. The minimum atomic E-state index is -1.09. The van der Waals surface area contributed by atoms with Gasteiger partial charge in [0.2, 0.25) is 5.82 Å². The second-order valence-electron chi connectivity index (χ2n) is 6.22. The monoisotopic (exact) mass is 385 g/mol. The molecule has 2 heterocycles. The number of nitrogens with zero attached hydrogens (tertiary/aromatic N) is 4. The lowest BCUT2D eigenvalue weighted by Crippen LogP contribution is -2.24. The standard InChI is InChI=1S/C18H19N5O3S/c1-10(2)12-6-4-5-7-14(12)23-11(3)20-16(22-23)17(24)19-8-15-21-13(9-27-15)18(25)26/h4-7,9-10H,8H2,1-3H3,(H,19,24)(H,25,26). The zero-order chi connectivity index (χ0) is 19.6. The van der Waals surface area contributed by atoms with Crippen LogP contribution in [0.15, 0.2) is 29.6 Å². The SMILES string of the molecule is Cc1nc(C(=O)NCc2nc(C(=O)O)cs2)nn1-c1ccccc1C(C)C. The number of amides is 1. The predicted octanol–water partition coefficient (Wildman–Crippen LogP) is 2.78. The van der Waals surface area contributed by atoms with Crippen LogP contribution in [-0.4, -0.2) is 36.7 Å². The minimum Gasteiger partial charge on any atom is -0.476 e. The van der Waals surface area contributed by atoms with Crippen molar-refractivity contribution in [2.45, 2.75) is 33.2 Å². The highest BCUT2D eigenvalue weighted by Crippen LogP contribution is 2.23. The number of carboxylic acids is 1. The molecule has 2 aromatic heterocycles. The topological polar surface area (TPSA) is 110 Å². The molecule has 27 heavy (non-hydrogen) atoms. The van der Waals surface area contributed by atoms with Crippen LogP contribution in [0.5, 0.6) is 0 Å². The molecule has 0 saturated heterocycles. The van der Waals surface area contributed by atoms with Gasteiger partial charge in [-0.1, -0.05) is 32.0 Å². The molecule has 0 unspecified atom stereocenters. The summed E-state index contributed by atoms with van der Waals surface area (Å²) >= 11 is 1.17. The lowest BCUT2D eigenvalue weighted by atomic mass is 10.0. The zero-order valence-electron chi connectivity index (χ0n) is 15.1. The van der Waals surface area contributed by atoms with Gasteiger partial charge in [0.15, 0.2) is 5.69 Å². The molecule has 0 aliphatic heterocycles. The molecule has 1 amide bonds. The Kier molecular flexibility index (Phi) is 5.31. The molecule has 140 valence electrons. The number of rotatable bonds is 6. The number of aromatic nitrogens is 4. The highest BCUT2D eigenvalue weighted by atomic mass is 32.1. The van der Waals surface area contributed by atoms with Crippen LogP contribution in [0.3, 0.4) is 0 Å². The summed E-state index contributed by atoms with van der Waals surface area (Å²) in [6.07, 6.45) is 0. The van der Waals surface area contributed by atoms with Crippen LogP contribution in [0, 0.1) is 6.92 Å². The van der Waals surface area contributed by atoms with Crippen LogP contribution < -0.4 is 5.32 Å². The van der Waals surface area contributed by atoms with E-state index < -0.39 is 11.9 Å². The van der Waals surface area contributed by atoms with E-state index in [2.05, 4.69) is 34.2 Å². The first-order chi connectivity index (χ1) is 12.9. The molecule has 0 bridgehead atoms. The second-order valence-corrected chi connectivity index (χ2v) is 7.16. The highest BCUT2D eigenvalue weighted by Gasteiger charge is 2.18. The predicted molar refractivity (Wildman–Crippen MR) is 100 cm³/mol. The fourth-order valence-corrected chi connectivity index (χ4v) is 3.32. The van der Waals surface area contributed by atoms with Crippen molar-refractivity contribution in [2.24, 2.45) is 0 Å². The fraction of sp³-hybridized carbons (Fsp3) is 0.278. The Hall–Kier alpha value is -3.07. The zero-order valence-corrected chi connectivity index (χ0v) is 15.9. The minimum absolute atomic E-state index is 0.0345. The van der Waals surface area contributed by atoms with Crippen LogP contribution in [0.25, 0.3) is 5.69 Å². The first-order valence-electron chi connectivity index (χ1n) is 8.35. The van der Waals surface area contributed by atoms with E-state index in [0.29, 0.717) is 16.7 Å². The van der Waals surface area contributed by atoms with Gasteiger partial charge < -0.3 is 10.4 Å². The molecular weight excluding hydrogens is 366 g/mol. The number of hydrogen-bond donors (Lipinski definition) is 2. The van der Waals surface area contributed by atoms with E-state index in [0.717, 1.165) is 11.3 Å². The van der Waals surface area contributed by atoms with E-state index in [9.17, 15) is 9.59 Å². The first-order valence-corrected chi connectivity index (χ1v) is 9.23. The van der Waals surface area contributed by atoms with Gasteiger partial charge in [0, 0.05) is 5.38 Å². The molecule has 2 N–H and O–H groups in total. The third-order valence-electron chi connectivity index (χ3n) is 3.93. The molecule has 3 rings (SSSR count). The van der Waals surface area contributed by atoms with Gasteiger partial charge in [-0.3, -0.25) is 4.79 Å². The van der Waals surface area contributed by atoms with E-state index >= 15 is 0 Å². The van der Waals surface area contributed by atoms with Gasteiger partial charge in [-0.25, -0.2) is 19.4 Å². The lowest BCUT2D eigenvalue weighted by Gasteiger charge is -2.12. The van der Waals surface area contributed by atoms with Gasteiger partial charge in [0.25, 0.3) is 5.91 Å². The highest BCUT2D eigenvalue weighted by molar-refractivity contribution is 7.09. The van der Waals surface area contributed by atoms with Crippen molar-refractivity contribution in [3.8, 4) is 5.69 Å². The molecule has 8 nitrogen and oxygen atoms in total. The van der Waals surface area contributed by atoms with E-state index in [1.807, 2.05) is 24.3 Å². The Labute approximate surface area is 159 Å². The number of aryl methyl sites for hydroxylation is 1. The summed E-state index contributed by atoms with van der Waals surface area (Å²) in [7, 11) is 0. The maximum Gasteiger partial charge on any atom is 0.355 e. The number of carboxylic acid groups (broad SMARTS) is 1.